The molecule has 12 aromatic rings. The number of aromatic nitrogens is 3. The Balaban J connectivity index is 0.990. The van der Waals surface area contributed by atoms with Crippen molar-refractivity contribution in [3.8, 4) is 67.5 Å². The van der Waals surface area contributed by atoms with Crippen LogP contribution in [0.15, 0.2) is 243 Å². The van der Waals surface area contributed by atoms with E-state index in [2.05, 4.69) is 223 Å². The molecule has 0 bridgehead atoms. The normalized spacial score (nSPS) is 11.3. The summed E-state index contributed by atoms with van der Waals surface area (Å²) in [4.78, 5) is 18.0. The molecule has 0 atom stereocenters. The van der Waals surface area contributed by atoms with Crippen LogP contribution < -0.4 is 4.90 Å². The van der Waals surface area contributed by atoms with Crippen LogP contribution in [0.4, 0.5) is 17.1 Å². The Labute approximate surface area is 387 Å². The summed E-state index contributed by atoms with van der Waals surface area (Å²) in [5.74, 6) is 1.90. The average Bonchev–Trinajstić information content (AvgIpc) is 3.78. The smallest absolute Gasteiger partial charge is 0.164 e. The van der Waals surface area contributed by atoms with Crippen LogP contribution in [0.3, 0.4) is 0 Å². The van der Waals surface area contributed by atoms with E-state index in [1.807, 2.05) is 35.6 Å². The minimum absolute atomic E-state index is 0.631. The topological polar surface area (TPSA) is 41.9 Å². The third kappa shape index (κ3) is 7.37. The van der Waals surface area contributed by atoms with Crippen molar-refractivity contribution in [2.24, 2.45) is 0 Å². The van der Waals surface area contributed by atoms with E-state index in [9.17, 15) is 0 Å². The molecule has 0 aliphatic heterocycles. The predicted molar refractivity (Wildman–Crippen MR) is 278 cm³/mol. The summed E-state index contributed by atoms with van der Waals surface area (Å²) in [6.07, 6.45) is 0. The highest BCUT2D eigenvalue weighted by Gasteiger charge is 2.20. The molecule has 12 rings (SSSR count). The first-order valence-corrected chi connectivity index (χ1v) is 23.0. The maximum atomic E-state index is 5.31. The summed E-state index contributed by atoms with van der Waals surface area (Å²) in [6.45, 7) is 0. The van der Waals surface area contributed by atoms with Crippen LogP contribution in [0.5, 0.6) is 0 Å². The van der Waals surface area contributed by atoms with Gasteiger partial charge in [0.2, 0.25) is 0 Å². The molecule has 0 saturated carbocycles. The minimum Gasteiger partial charge on any atom is -0.311 e. The van der Waals surface area contributed by atoms with E-state index in [0.717, 1.165) is 55.8 Å². The number of para-hydroxylation sites is 1. The lowest BCUT2D eigenvalue weighted by Gasteiger charge is -2.26. The second-order valence-corrected chi connectivity index (χ2v) is 17.5. The van der Waals surface area contributed by atoms with E-state index >= 15 is 0 Å². The van der Waals surface area contributed by atoms with Gasteiger partial charge in [-0.2, -0.15) is 0 Å². The largest absolute Gasteiger partial charge is 0.311 e. The number of hydrogen-bond acceptors (Lipinski definition) is 5. The van der Waals surface area contributed by atoms with Gasteiger partial charge in [0.05, 0.1) is 0 Å². The van der Waals surface area contributed by atoms with Crippen LogP contribution in [0.1, 0.15) is 0 Å². The highest BCUT2D eigenvalue weighted by Crippen LogP contribution is 2.44. The SMILES string of the molecule is c1ccc(-c2ccc(-c3nc(-c4ccccc4)nc(-c4cc5c6ccccc6sc5c5ccc(-c6ccc(N(c7ccccc7)c7ccc(-c8ccccc8)cc7)cc6)cc45)n3)cc2)cc1. The Morgan fingerprint density at radius 2 is 0.682 bits per heavy atom. The van der Waals surface area contributed by atoms with Gasteiger partial charge in [0, 0.05) is 59.3 Å². The van der Waals surface area contributed by atoms with Crippen LogP contribution in [0, 0.1) is 0 Å². The summed E-state index contributed by atoms with van der Waals surface area (Å²) < 4.78 is 2.51. The minimum atomic E-state index is 0.631. The molecule has 4 nitrogen and oxygen atoms in total. The zero-order chi connectivity index (χ0) is 43.8. The van der Waals surface area contributed by atoms with Crippen LogP contribution in [-0.2, 0) is 0 Å². The maximum absolute atomic E-state index is 5.31. The van der Waals surface area contributed by atoms with Gasteiger partial charge >= 0.3 is 0 Å². The van der Waals surface area contributed by atoms with Crippen molar-refractivity contribution in [1.29, 1.82) is 0 Å². The molecule has 0 amide bonds. The maximum Gasteiger partial charge on any atom is 0.164 e. The molecule has 0 aliphatic rings. The summed E-state index contributed by atoms with van der Waals surface area (Å²) in [5, 5.41) is 4.69. The first kappa shape index (κ1) is 39.1. The lowest BCUT2D eigenvalue weighted by molar-refractivity contribution is 1.08. The lowest BCUT2D eigenvalue weighted by Crippen LogP contribution is -2.09. The monoisotopic (exact) mass is 860 g/mol. The first-order chi connectivity index (χ1) is 32.7. The van der Waals surface area contributed by atoms with Crippen LogP contribution in [0.25, 0.3) is 98.5 Å². The van der Waals surface area contributed by atoms with Crippen LogP contribution >= 0.6 is 11.3 Å². The molecule has 2 aromatic heterocycles. The molecule has 66 heavy (non-hydrogen) atoms. The Hall–Kier alpha value is -8.51. The van der Waals surface area contributed by atoms with Gasteiger partial charge in [0.1, 0.15) is 0 Å². The molecule has 2 heterocycles. The lowest BCUT2D eigenvalue weighted by atomic mass is 9.95. The summed E-state index contributed by atoms with van der Waals surface area (Å²) in [6, 6.07) is 85.8. The molecule has 10 aromatic carbocycles. The molecule has 0 unspecified atom stereocenters. The van der Waals surface area contributed by atoms with Gasteiger partial charge in [-0.1, -0.05) is 188 Å². The van der Waals surface area contributed by atoms with Crippen molar-refractivity contribution in [3.05, 3.63) is 243 Å². The molecule has 0 fully saturated rings. The summed E-state index contributed by atoms with van der Waals surface area (Å²) in [7, 11) is 0. The Bertz CT molecular complexity index is 3650. The van der Waals surface area contributed by atoms with Crippen molar-refractivity contribution < 1.29 is 0 Å². The second kappa shape index (κ2) is 16.9. The second-order valence-electron chi connectivity index (χ2n) is 16.4. The van der Waals surface area contributed by atoms with Crippen molar-refractivity contribution in [2.45, 2.75) is 0 Å². The third-order valence-corrected chi connectivity index (χ3v) is 13.6. The van der Waals surface area contributed by atoms with E-state index in [1.54, 1.807) is 0 Å². The summed E-state index contributed by atoms with van der Waals surface area (Å²) >= 11 is 1.84. The molecule has 0 N–H and O–H groups in total. The number of nitrogens with zero attached hydrogens (tertiary/aromatic N) is 4. The quantitative estimate of drug-likeness (QED) is 0.145. The predicted octanol–water partition coefficient (Wildman–Crippen LogP) is 16.9. The van der Waals surface area contributed by atoms with Gasteiger partial charge in [-0.05, 0) is 93.4 Å². The van der Waals surface area contributed by atoms with Gasteiger partial charge in [-0.3, -0.25) is 0 Å². The summed E-state index contributed by atoms with van der Waals surface area (Å²) in [5.41, 5.74) is 13.0. The van der Waals surface area contributed by atoms with E-state index in [-0.39, 0.29) is 0 Å². The van der Waals surface area contributed by atoms with E-state index in [1.165, 1.54) is 42.2 Å². The Morgan fingerprint density at radius 1 is 0.273 bits per heavy atom. The Morgan fingerprint density at radius 3 is 1.27 bits per heavy atom. The fourth-order valence-corrected chi connectivity index (χ4v) is 10.2. The highest BCUT2D eigenvalue weighted by molar-refractivity contribution is 7.26. The van der Waals surface area contributed by atoms with E-state index < -0.39 is 0 Å². The number of rotatable bonds is 9. The van der Waals surface area contributed by atoms with Crippen molar-refractivity contribution >= 4 is 59.3 Å². The van der Waals surface area contributed by atoms with Crippen molar-refractivity contribution in [2.75, 3.05) is 4.90 Å². The van der Waals surface area contributed by atoms with E-state index in [4.69, 9.17) is 15.0 Å². The number of benzene rings is 10. The standard InChI is InChI=1S/C61H40N4S/c1-5-15-41(16-6-1)43-25-27-47(28-26-43)60-62-59(46-19-9-3-10-20-46)63-61(64-60)56-40-55-52-23-13-14-24-57(52)66-58(55)53-38-33-48(39-54(53)56)45-31-36-51(37-32-45)65(49-21-11-4-12-22-49)50-34-29-44(30-35-50)42-17-7-2-8-18-42/h1-40H. The Kier molecular flexibility index (Phi) is 10.0. The van der Waals surface area contributed by atoms with Crippen molar-refractivity contribution in [3.63, 3.8) is 0 Å². The third-order valence-electron chi connectivity index (χ3n) is 12.3. The molecule has 0 aliphatic carbocycles. The number of anilines is 3. The number of thiophene rings is 1. The molecule has 0 spiro atoms. The molecule has 5 heteroatoms. The molecule has 0 saturated heterocycles. The van der Waals surface area contributed by atoms with Gasteiger partial charge in [0.25, 0.3) is 0 Å². The van der Waals surface area contributed by atoms with E-state index in [0.29, 0.717) is 17.5 Å². The van der Waals surface area contributed by atoms with Gasteiger partial charge in [-0.25, -0.2) is 15.0 Å². The van der Waals surface area contributed by atoms with Crippen LogP contribution in [-0.4, -0.2) is 15.0 Å². The fraction of sp³-hybridized carbons (Fsp3) is 0. The van der Waals surface area contributed by atoms with Crippen molar-refractivity contribution in [1.82, 2.24) is 15.0 Å². The van der Waals surface area contributed by atoms with Gasteiger partial charge < -0.3 is 4.90 Å². The fourth-order valence-electron chi connectivity index (χ4n) is 9.01. The highest BCUT2D eigenvalue weighted by atomic mass is 32.1. The first-order valence-electron chi connectivity index (χ1n) is 22.2. The zero-order valence-corrected chi connectivity index (χ0v) is 36.6. The van der Waals surface area contributed by atoms with Gasteiger partial charge in [0.15, 0.2) is 17.5 Å². The van der Waals surface area contributed by atoms with Crippen LogP contribution in [0.2, 0.25) is 0 Å². The molecular weight excluding hydrogens is 821 g/mol. The zero-order valence-electron chi connectivity index (χ0n) is 35.8. The van der Waals surface area contributed by atoms with Gasteiger partial charge in [-0.15, -0.1) is 11.3 Å². The molecule has 310 valence electrons. The number of fused-ring (bicyclic) bond motifs is 5. The molecule has 0 radical (unpaired) electrons. The molecular formula is C61H40N4S. The average molecular weight is 861 g/mol. The number of hydrogen-bond donors (Lipinski definition) is 0.